The Morgan fingerprint density at radius 1 is 1.00 bits per heavy atom. The Morgan fingerprint density at radius 2 is 1.75 bits per heavy atom. The summed E-state index contributed by atoms with van der Waals surface area (Å²) in [6.45, 7) is 1.67. The number of rotatable bonds is 6. The summed E-state index contributed by atoms with van der Waals surface area (Å²) in [6.07, 6.45) is 4.28. The fraction of sp³-hybridized carbons (Fsp3) is 0.0952. The van der Waals surface area contributed by atoms with Crippen LogP contribution >= 0.6 is 0 Å². The van der Waals surface area contributed by atoms with Crippen LogP contribution in [0.4, 0.5) is 5.69 Å². The first-order valence-corrected chi connectivity index (χ1v) is 8.67. The van der Waals surface area contributed by atoms with Gasteiger partial charge in [0.05, 0.1) is 12.6 Å². The number of hydrogen-bond acceptors (Lipinski definition) is 5. The summed E-state index contributed by atoms with van der Waals surface area (Å²) in [6, 6.07) is 17.4. The Labute approximate surface area is 162 Å². The zero-order valence-electron chi connectivity index (χ0n) is 15.3. The average Bonchev–Trinajstić information content (AvgIpc) is 2.73. The van der Waals surface area contributed by atoms with Crippen LogP contribution in [0, 0.1) is 0 Å². The molecule has 0 fully saturated rings. The number of carbonyl (C=O) groups is 2. The molecule has 0 saturated carbocycles. The van der Waals surface area contributed by atoms with E-state index in [-0.39, 0.29) is 18.0 Å². The van der Waals surface area contributed by atoms with Gasteiger partial charge >= 0.3 is 0 Å². The number of nitrogens with one attached hydrogen (secondary N) is 2. The Bertz CT molecular complexity index is 988. The van der Waals surface area contributed by atoms with Gasteiger partial charge in [0.1, 0.15) is 5.69 Å². The summed E-state index contributed by atoms with van der Waals surface area (Å²) in [7, 11) is 0. The molecule has 2 aromatic carbocycles. The van der Waals surface area contributed by atoms with Gasteiger partial charge < -0.3 is 5.32 Å². The van der Waals surface area contributed by atoms with Crippen LogP contribution in [0.3, 0.4) is 0 Å². The molecule has 0 aliphatic carbocycles. The minimum atomic E-state index is -0.484. The van der Waals surface area contributed by atoms with Gasteiger partial charge in [0.15, 0.2) is 0 Å². The minimum Gasteiger partial charge on any atom is -0.325 e. The second-order valence-electron chi connectivity index (χ2n) is 6.02. The summed E-state index contributed by atoms with van der Waals surface area (Å²) in [5, 5.41) is 6.86. The molecule has 2 N–H and O–H groups in total. The SMILES string of the molecule is C/C(CC(=O)Nc1ccccc1-c1ccccc1)=N\NC(=O)c1cnccn1. The Hall–Kier alpha value is -3.87. The van der Waals surface area contributed by atoms with Crippen LogP contribution in [-0.4, -0.2) is 27.5 Å². The van der Waals surface area contributed by atoms with Crippen molar-refractivity contribution >= 4 is 23.2 Å². The molecular weight excluding hydrogens is 354 g/mol. The van der Waals surface area contributed by atoms with Gasteiger partial charge in [-0.3, -0.25) is 14.6 Å². The highest BCUT2D eigenvalue weighted by Crippen LogP contribution is 2.27. The van der Waals surface area contributed by atoms with Crippen molar-refractivity contribution in [2.45, 2.75) is 13.3 Å². The second kappa shape index (κ2) is 9.18. The third kappa shape index (κ3) is 5.07. The van der Waals surface area contributed by atoms with Crippen LogP contribution < -0.4 is 10.7 Å². The lowest BCUT2D eigenvalue weighted by atomic mass is 10.0. The normalized spacial score (nSPS) is 11.0. The molecule has 0 aliphatic heterocycles. The van der Waals surface area contributed by atoms with E-state index in [9.17, 15) is 9.59 Å². The van der Waals surface area contributed by atoms with Gasteiger partial charge in [0.2, 0.25) is 5.91 Å². The van der Waals surface area contributed by atoms with Gasteiger partial charge in [0.25, 0.3) is 5.91 Å². The molecule has 1 heterocycles. The molecule has 0 spiro atoms. The zero-order chi connectivity index (χ0) is 19.8. The third-order valence-electron chi connectivity index (χ3n) is 3.85. The lowest BCUT2D eigenvalue weighted by Gasteiger charge is -2.11. The molecule has 140 valence electrons. The first-order chi connectivity index (χ1) is 13.6. The van der Waals surface area contributed by atoms with Crippen molar-refractivity contribution in [1.29, 1.82) is 0 Å². The van der Waals surface area contributed by atoms with E-state index in [1.807, 2.05) is 54.6 Å². The van der Waals surface area contributed by atoms with Crippen molar-refractivity contribution in [2.24, 2.45) is 5.10 Å². The molecule has 28 heavy (non-hydrogen) atoms. The molecule has 0 atom stereocenters. The predicted molar refractivity (Wildman–Crippen MR) is 108 cm³/mol. The Balaban J connectivity index is 1.62. The fourth-order valence-electron chi connectivity index (χ4n) is 2.55. The molecule has 7 heteroatoms. The van der Waals surface area contributed by atoms with Crippen LogP contribution in [0.1, 0.15) is 23.8 Å². The summed E-state index contributed by atoms with van der Waals surface area (Å²) >= 11 is 0. The molecule has 0 bridgehead atoms. The van der Waals surface area contributed by atoms with Gasteiger partial charge in [-0.25, -0.2) is 10.4 Å². The van der Waals surface area contributed by atoms with E-state index < -0.39 is 5.91 Å². The maximum Gasteiger partial charge on any atom is 0.291 e. The van der Waals surface area contributed by atoms with Crippen molar-refractivity contribution in [3.05, 3.63) is 78.9 Å². The van der Waals surface area contributed by atoms with E-state index in [1.54, 1.807) is 6.92 Å². The van der Waals surface area contributed by atoms with Crippen LogP contribution in [0.5, 0.6) is 0 Å². The van der Waals surface area contributed by atoms with Crippen molar-refractivity contribution < 1.29 is 9.59 Å². The third-order valence-corrected chi connectivity index (χ3v) is 3.85. The summed E-state index contributed by atoms with van der Waals surface area (Å²) < 4.78 is 0. The maximum absolute atomic E-state index is 12.4. The maximum atomic E-state index is 12.4. The van der Waals surface area contributed by atoms with E-state index >= 15 is 0 Å². The van der Waals surface area contributed by atoms with Gasteiger partial charge in [-0.15, -0.1) is 0 Å². The van der Waals surface area contributed by atoms with E-state index in [0.29, 0.717) is 5.71 Å². The highest BCUT2D eigenvalue weighted by atomic mass is 16.2. The molecule has 1 aromatic heterocycles. The van der Waals surface area contributed by atoms with Crippen LogP contribution in [0.15, 0.2) is 78.3 Å². The first-order valence-electron chi connectivity index (χ1n) is 8.67. The number of carbonyl (C=O) groups excluding carboxylic acids is 2. The highest BCUT2D eigenvalue weighted by molar-refractivity contribution is 6.07. The lowest BCUT2D eigenvalue weighted by Crippen LogP contribution is -2.22. The molecule has 3 aromatic rings. The van der Waals surface area contributed by atoms with Crippen LogP contribution in [0.25, 0.3) is 11.1 Å². The lowest BCUT2D eigenvalue weighted by molar-refractivity contribution is -0.115. The first kappa shape index (κ1) is 18.9. The van der Waals surface area contributed by atoms with Crippen molar-refractivity contribution in [3.8, 4) is 11.1 Å². The van der Waals surface area contributed by atoms with Gasteiger partial charge in [0, 0.05) is 29.4 Å². The van der Waals surface area contributed by atoms with Crippen molar-refractivity contribution in [3.63, 3.8) is 0 Å². The second-order valence-corrected chi connectivity index (χ2v) is 6.02. The molecule has 0 unspecified atom stereocenters. The van der Waals surface area contributed by atoms with Gasteiger partial charge in [-0.1, -0.05) is 48.5 Å². The summed E-state index contributed by atoms with van der Waals surface area (Å²) in [4.78, 5) is 32.0. The van der Waals surface area contributed by atoms with Gasteiger partial charge in [-0.05, 0) is 18.6 Å². The summed E-state index contributed by atoms with van der Waals surface area (Å²) in [5.74, 6) is -0.708. The summed E-state index contributed by atoms with van der Waals surface area (Å²) in [5.41, 5.74) is 5.65. The van der Waals surface area contributed by atoms with Gasteiger partial charge in [-0.2, -0.15) is 5.10 Å². The number of anilines is 1. The monoisotopic (exact) mass is 373 g/mol. The molecular formula is C21H19N5O2. The quantitative estimate of drug-likeness (QED) is 0.512. The zero-order valence-corrected chi connectivity index (χ0v) is 15.3. The molecule has 0 saturated heterocycles. The standard InChI is InChI=1S/C21H19N5O2/c1-15(25-26-21(28)19-14-22-11-12-23-19)13-20(27)24-18-10-6-5-9-17(18)16-7-3-2-4-8-16/h2-12,14H,13H2,1H3,(H,24,27)(H,26,28)/b25-15+. The molecule has 7 nitrogen and oxygen atoms in total. The number of aromatic nitrogens is 2. The van der Waals surface area contributed by atoms with E-state index in [4.69, 9.17) is 0 Å². The van der Waals surface area contributed by atoms with E-state index in [0.717, 1.165) is 16.8 Å². The molecule has 3 rings (SSSR count). The average molecular weight is 373 g/mol. The Kier molecular flexibility index (Phi) is 6.20. The molecule has 2 amide bonds. The Morgan fingerprint density at radius 3 is 2.50 bits per heavy atom. The van der Waals surface area contributed by atoms with E-state index in [1.165, 1.54) is 18.6 Å². The number of nitrogens with zero attached hydrogens (tertiary/aromatic N) is 3. The topological polar surface area (TPSA) is 96.3 Å². The van der Waals surface area contributed by atoms with Crippen LogP contribution in [0.2, 0.25) is 0 Å². The number of para-hydroxylation sites is 1. The molecule has 0 radical (unpaired) electrons. The predicted octanol–water partition coefficient (Wildman–Crippen LogP) is 3.28. The number of benzene rings is 2. The largest absolute Gasteiger partial charge is 0.325 e. The smallest absolute Gasteiger partial charge is 0.291 e. The number of hydrazone groups is 1. The van der Waals surface area contributed by atoms with E-state index in [2.05, 4.69) is 25.8 Å². The minimum absolute atomic E-state index is 0.0455. The number of hydrogen-bond donors (Lipinski definition) is 2. The fourth-order valence-corrected chi connectivity index (χ4v) is 2.55. The van der Waals surface area contributed by atoms with Crippen molar-refractivity contribution in [1.82, 2.24) is 15.4 Å². The highest BCUT2D eigenvalue weighted by Gasteiger charge is 2.10. The number of amides is 2. The van der Waals surface area contributed by atoms with Crippen LogP contribution in [-0.2, 0) is 4.79 Å². The molecule has 0 aliphatic rings. The van der Waals surface area contributed by atoms with Crippen molar-refractivity contribution in [2.75, 3.05) is 5.32 Å².